The number of aromatic nitrogens is 3. The third-order valence-electron chi connectivity index (χ3n) is 1.89. The standard InChI is InChI=1S/C9H13N5O2/c1-5-3-11-7(15-5)4-12-9-14-13-8(16-9)6(2)10/h3,6H,4,10H2,1-2H3,(H,12,14). The van der Waals surface area contributed by atoms with Gasteiger partial charge in [-0.05, 0) is 13.8 Å². The van der Waals surface area contributed by atoms with Gasteiger partial charge in [-0.15, -0.1) is 5.10 Å². The van der Waals surface area contributed by atoms with Gasteiger partial charge in [-0.3, -0.25) is 0 Å². The molecule has 0 fully saturated rings. The van der Waals surface area contributed by atoms with Crippen molar-refractivity contribution in [3.63, 3.8) is 0 Å². The molecule has 2 aromatic heterocycles. The van der Waals surface area contributed by atoms with E-state index in [0.29, 0.717) is 24.3 Å². The number of hydrogen-bond acceptors (Lipinski definition) is 7. The van der Waals surface area contributed by atoms with Crippen LogP contribution in [0.3, 0.4) is 0 Å². The Bertz CT molecular complexity index is 462. The molecule has 0 saturated carbocycles. The third-order valence-corrected chi connectivity index (χ3v) is 1.89. The summed E-state index contributed by atoms with van der Waals surface area (Å²) in [4.78, 5) is 4.03. The minimum atomic E-state index is -0.271. The third kappa shape index (κ3) is 2.37. The minimum Gasteiger partial charge on any atom is -0.444 e. The number of anilines is 1. The Labute approximate surface area is 92.1 Å². The molecular formula is C9H13N5O2. The highest BCUT2D eigenvalue weighted by Crippen LogP contribution is 2.12. The van der Waals surface area contributed by atoms with Gasteiger partial charge in [0, 0.05) is 0 Å². The van der Waals surface area contributed by atoms with Gasteiger partial charge in [0.25, 0.3) is 0 Å². The van der Waals surface area contributed by atoms with Crippen molar-refractivity contribution in [2.75, 3.05) is 5.32 Å². The molecule has 0 aliphatic carbocycles. The molecule has 2 rings (SSSR count). The van der Waals surface area contributed by atoms with Crippen molar-refractivity contribution in [1.82, 2.24) is 15.2 Å². The molecule has 0 saturated heterocycles. The summed E-state index contributed by atoms with van der Waals surface area (Å²) in [5.41, 5.74) is 5.58. The SMILES string of the molecule is Cc1cnc(CNc2nnc(C(C)N)o2)o1. The molecule has 2 aromatic rings. The summed E-state index contributed by atoms with van der Waals surface area (Å²) in [6.07, 6.45) is 1.65. The Morgan fingerprint density at radius 3 is 2.81 bits per heavy atom. The van der Waals surface area contributed by atoms with Crippen LogP contribution in [-0.4, -0.2) is 15.2 Å². The van der Waals surface area contributed by atoms with Crippen LogP contribution < -0.4 is 11.1 Å². The molecule has 7 heteroatoms. The summed E-state index contributed by atoms with van der Waals surface area (Å²) in [5, 5.41) is 10.5. The second-order valence-corrected chi connectivity index (χ2v) is 3.45. The first-order valence-corrected chi connectivity index (χ1v) is 4.89. The average molecular weight is 223 g/mol. The monoisotopic (exact) mass is 223 g/mol. The van der Waals surface area contributed by atoms with Gasteiger partial charge in [-0.1, -0.05) is 5.10 Å². The highest BCUT2D eigenvalue weighted by Gasteiger charge is 2.10. The largest absolute Gasteiger partial charge is 0.444 e. The topological polar surface area (TPSA) is 103 Å². The van der Waals surface area contributed by atoms with E-state index >= 15 is 0 Å². The zero-order valence-corrected chi connectivity index (χ0v) is 9.10. The molecule has 0 aliphatic heterocycles. The summed E-state index contributed by atoms with van der Waals surface area (Å²) in [5.74, 6) is 1.72. The molecule has 86 valence electrons. The summed E-state index contributed by atoms with van der Waals surface area (Å²) < 4.78 is 10.5. The Balaban J connectivity index is 1.94. The highest BCUT2D eigenvalue weighted by molar-refractivity contribution is 5.17. The lowest BCUT2D eigenvalue weighted by Crippen LogP contribution is -2.04. The van der Waals surface area contributed by atoms with Crippen molar-refractivity contribution in [3.8, 4) is 0 Å². The van der Waals surface area contributed by atoms with Crippen LogP contribution in [0.25, 0.3) is 0 Å². The van der Waals surface area contributed by atoms with Gasteiger partial charge < -0.3 is 19.9 Å². The van der Waals surface area contributed by atoms with E-state index in [4.69, 9.17) is 14.6 Å². The first-order valence-electron chi connectivity index (χ1n) is 4.89. The van der Waals surface area contributed by atoms with Gasteiger partial charge in [0.1, 0.15) is 5.76 Å². The lowest BCUT2D eigenvalue weighted by Gasteiger charge is -1.97. The summed E-state index contributed by atoms with van der Waals surface area (Å²) in [6.45, 7) is 4.00. The van der Waals surface area contributed by atoms with Crippen molar-refractivity contribution in [2.24, 2.45) is 5.73 Å². The Kier molecular flexibility index (Phi) is 2.86. The second kappa shape index (κ2) is 4.31. The van der Waals surface area contributed by atoms with Crippen LogP contribution in [0.2, 0.25) is 0 Å². The predicted molar refractivity (Wildman–Crippen MR) is 55.5 cm³/mol. The number of nitrogens with one attached hydrogen (secondary N) is 1. The minimum absolute atomic E-state index is 0.271. The van der Waals surface area contributed by atoms with Crippen LogP contribution in [0, 0.1) is 6.92 Å². The zero-order chi connectivity index (χ0) is 11.5. The van der Waals surface area contributed by atoms with E-state index < -0.39 is 0 Å². The van der Waals surface area contributed by atoms with E-state index in [1.807, 2.05) is 6.92 Å². The number of nitrogens with two attached hydrogens (primary N) is 1. The molecule has 1 atom stereocenters. The fourth-order valence-corrected chi connectivity index (χ4v) is 1.12. The molecule has 1 unspecified atom stereocenters. The molecule has 16 heavy (non-hydrogen) atoms. The number of oxazole rings is 1. The quantitative estimate of drug-likeness (QED) is 0.796. The maximum Gasteiger partial charge on any atom is 0.315 e. The van der Waals surface area contributed by atoms with Crippen LogP contribution in [0.4, 0.5) is 6.01 Å². The zero-order valence-electron chi connectivity index (χ0n) is 9.10. The van der Waals surface area contributed by atoms with Crippen molar-refractivity contribution in [1.29, 1.82) is 0 Å². The van der Waals surface area contributed by atoms with Gasteiger partial charge in [-0.2, -0.15) is 0 Å². The van der Waals surface area contributed by atoms with E-state index in [9.17, 15) is 0 Å². The number of aryl methyl sites for hydroxylation is 1. The number of nitrogens with zero attached hydrogens (tertiary/aromatic N) is 3. The van der Waals surface area contributed by atoms with E-state index in [0.717, 1.165) is 5.76 Å². The van der Waals surface area contributed by atoms with Crippen LogP contribution >= 0.6 is 0 Å². The molecule has 3 N–H and O–H groups in total. The maximum atomic E-state index is 5.58. The lowest BCUT2D eigenvalue weighted by molar-refractivity contribution is 0.458. The summed E-state index contributed by atoms with van der Waals surface area (Å²) in [7, 11) is 0. The Hall–Kier alpha value is -1.89. The van der Waals surface area contributed by atoms with Gasteiger partial charge in [-0.25, -0.2) is 4.98 Å². The molecule has 0 bridgehead atoms. The smallest absolute Gasteiger partial charge is 0.315 e. The van der Waals surface area contributed by atoms with Crippen LogP contribution in [-0.2, 0) is 6.54 Å². The van der Waals surface area contributed by atoms with Crippen molar-refractivity contribution in [2.45, 2.75) is 26.4 Å². The van der Waals surface area contributed by atoms with Crippen molar-refractivity contribution >= 4 is 6.01 Å². The van der Waals surface area contributed by atoms with E-state index in [-0.39, 0.29) is 6.04 Å². The van der Waals surface area contributed by atoms with Gasteiger partial charge in [0.05, 0.1) is 18.8 Å². The molecule has 2 heterocycles. The Morgan fingerprint density at radius 2 is 2.25 bits per heavy atom. The fraction of sp³-hybridized carbons (Fsp3) is 0.444. The molecule has 0 spiro atoms. The van der Waals surface area contributed by atoms with Gasteiger partial charge >= 0.3 is 6.01 Å². The van der Waals surface area contributed by atoms with E-state index in [2.05, 4.69) is 20.5 Å². The van der Waals surface area contributed by atoms with Gasteiger partial charge in [0.2, 0.25) is 11.8 Å². The fourth-order valence-electron chi connectivity index (χ4n) is 1.12. The van der Waals surface area contributed by atoms with Crippen LogP contribution in [0.15, 0.2) is 15.0 Å². The normalized spacial score (nSPS) is 12.7. The number of rotatable bonds is 4. The average Bonchev–Trinajstić information content (AvgIpc) is 2.83. The Morgan fingerprint density at radius 1 is 1.44 bits per heavy atom. The first-order chi connectivity index (χ1) is 7.65. The molecule has 7 nitrogen and oxygen atoms in total. The summed E-state index contributed by atoms with van der Waals surface area (Å²) >= 11 is 0. The summed E-state index contributed by atoms with van der Waals surface area (Å²) in [6, 6.07) is 0.0372. The molecule has 0 amide bonds. The lowest BCUT2D eigenvalue weighted by atomic mass is 10.4. The van der Waals surface area contributed by atoms with E-state index in [1.54, 1.807) is 13.1 Å². The predicted octanol–water partition coefficient (Wildman–Crippen LogP) is 0.998. The molecule has 0 radical (unpaired) electrons. The van der Waals surface area contributed by atoms with Crippen LogP contribution in [0.5, 0.6) is 0 Å². The van der Waals surface area contributed by atoms with Crippen LogP contribution in [0.1, 0.15) is 30.5 Å². The molecule has 0 aromatic carbocycles. The van der Waals surface area contributed by atoms with Crippen molar-refractivity contribution in [3.05, 3.63) is 23.7 Å². The van der Waals surface area contributed by atoms with Crippen molar-refractivity contribution < 1.29 is 8.83 Å². The molecular weight excluding hydrogens is 210 g/mol. The van der Waals surface area contributed by atoms with E-state index in [1.165, 1.54) is 0 Å². The molecule has 0 aliphatic rings. The maximum absolute atomic E-state index is 5.58. The number of hydrogen-bond donors (Lipinski definition) is 2. The van der Waals surface area contributed by atoms with Gasteiger partial charge in [0.15, 0.2) is 0 Å². The highest BCUT2D eigenvalue weighted by atomic mass is 16.4. The first kappa shape index (κ1) is 10.6. The second-order valence-electron chi connectivity index (χ2n) is 3.45.